The van der Waals surface area contributed by atoms with Gasteiger partial charge in [-0.25, -0.2) is 8.78 Å². The summed E-state index contributed by atoms with van der Waals surface area (Å²) >= 11 is 0. The molecule has 0 amide bonds. The third-order valence-electron chi connectivity index (χ3n) is 4.40. The van der Waals surface area contributed by atoms with E-state index in [4.69, 9.17) is 0 Å². The lowest BCUT2D eigenvalue weighted by atomic mass is 9.88. The van der Waals surface area contributed by atoms with Crippen LogP contribution in [-0.2, 0) is 0 Å². The van der Waals surface area contributed by atoms with Crippen molar-refractivity contribution in [3.05, 3.63) is 83.8 Å². The van der Waals surface area contributed by atoms with E-state index in [0.717, 1.165) is 49.2 Å². The summed E-state index contributed by atoms with van der Waals surface area (Å²) in [6, 6.07) is 13.1. The molecule has 0 unspecified atom stereocenters. The number of nitrogens with zero attached hydrogens (tertiary/aromatic N) is 1. The lowest BCUT2D eigenvalue weighted by molar-refractivity contribution is 0.282. The summed E-state index contributed by atoms with van der Waals surface area (Å²) < 4.78 is 26.5. The summed E-state index contributed by atoms with van der Waals surface area (Å²) in [5, 5.41) is 0. The Bertz CT molecular complexity index is 629. The van der Waals surface area contributed by atoms with Crippen LogP contribution in [0.2, 0.25) is 0 Å². The van der Waals surface area contributed by atoms with Gasteiger partial charge in [0.05, 0.1) is 0 Å². The highest BCUT2D eigenvalue weighted by Gasteiger charge is 2.18. The van der Waals surface area contributed by atoms with Crippen molar-refractivity contribution in [2.45, 2.75) is 12.8 Å². The monoisotopic (exact) mass is 312 g/mol. The lowest BCUT2D eigenvalue weighted by Crippen LogP contribution is -2.30. The Balaban J connectivity index is 2.03. The summed E-state index contributed by atoms with van der Waals surface area (Å²) in [4.78, 5) is 2.32. The Kier molecular flexibility index (Phi) is 4.87. The summed E-state index contributed by atoms with van der Waals surface area (Å²) in [5.41, 5.74) is 4.41. The van der Waals surface area contributed by atoms with E-state index in [-0.39, 0.29) is 11.6 Å². The van der Waals surface area contributed by atoms with E-state index in [1.54, 1.807) is 24.3 Å². The molecule has 1 fully saturated rings. The van der Waals surface area contributed by atoms with Crippen molar-refractivity contribution in [2.24, 2.45) is 0 Å². The van der Waals surface area contributed by atoms with Gasteiger partial charge in [-0.1, -0.05) is 29.8 Å². The van der Waals surface area contributed by atoms with Crippen molar-refractivity contribution < 1.29 is 8.78 Å². The average molecular weight is 312 g/mol. The molecule has 0 aromatic heterocycles. The zero-order valence-electron chi connectivity index (χ0n) is 13.1. The Labute approximate surface area is 136 Å². The number of piperidine rings is 1. The van der Waals surface area contributed by atoms with Crippen LogP contribution < -0.4 is 0 Å². The highest BCUT2D eigenvalue weighted by atomic mass is 19.1. The number of likely N-dealkylation sites (tertiary alicyclic amines) is 1. The number of hydrogen-bond donors (Lipinski definition) is 0. The van der Waals surface area contributed by atoms with Crippen molar-refractivity contribution in [3.8, 4) is 0 Å². The van der Waals surface area contributed by atoms with Crippen LogP contribution in [0.4, 0.5) is 8.78 Å². The summed E-state index contributed by atoms with van der Waals surface area (Å²) in [6.45, 7) is 6.71. The van der Waals surface area contributed by atoms with E-state index >= 15 is 0 Å². The summed E-state index contributed by atoms with van der Waals surface area (Å²) in [7, 11) is 0. The molecule has 119 valence electrons. The van der Waals surface area contributed by atoms with Crippen molar-refractivity contribution in [2.75, 3.05) is 19.6 Å². The number of benzene rings is 2. The molecule has 1 aliphatic rings. The molecule has 0 aliphatic carbocycles. The normalized spacial score (nSPS) is 15.7. The van der Waals surface area contributed by atoms with Crippen LogP contribution in [0.1, 0.15) is 24.0 Å². The molecule has 3 rings (SSSR count). The molecule has 0 atom stereocenters. The number of halogens is 2. The van der Waals surface area contributed by atoms with Crippen LogP contribution >= 0.6 is 0 Å². The molecule has 23 heavy (non-hydrogen) atoms. The second-order valence-electron chi connectivity index (χ2n) is 5.83. The maximum atomic E-state index is 13.3. The number of hydrogen-bond acceptors (Lipinski definition) is 1. The van der Waals surface area contributed by atoms with Gasteiger partial charge in [0.2, 0.25) is 0 Å². The van der Waals surface area contributed by atoms with E-state index in [0.29, 0.717) is 0 Å². The fourth-order valence-corrected chi connectivity index (χ4v) is 3.10. The second kappa shape index (κ2) is 7.05. The van der Waals surface area contributed by atoms with Gasteiger partial charge in [-0.05, 0) is 67.3 Å². The van der Waals surface area contributed by atoms with Gasteiger partial charge in [0.1, 0.15) is 11.6 Å². The molecule has 0 saturated carbocycles. The molecule has 1 aliphatic heterocycles. The molecular weight excluding hydrogens is 292 g/mol. The zero-order valence-corrected chi connectivity index (χ0v) is 13.1. The van der Waals surface area contributed by atoms with Crippen molar-refractivity contribution in [3.63, 3.8) is 0 Å². The minimum Gasteiger partial charge on any atom is -0.303 e. The van der Waals surface area contributed by atoms with Crippen LogP contribution in [0.5, 0.6) is 0 Å². The second-order valence-corrected chi connectivity index (χ2v) is 5.83. The highest BCUT2D eigenvalue weighted by molar-refractivity contribution is 5.82. The summed E-state index contributed by atoms with van der Waals surface area (Å²) in [6.07, 6.45) is 1.92. The Morgan fingerprint density at radius 3 is 1.65 bits per heavy atom. The Morgan fingerprint density at radius 1 is 0.826 bits per heavy atom. The van der Waals surface area contributed by atoms with E-state index in [1.807, 2.05) is 0 Å². The average Bonchev–Trinajstić information content (AvgIpc) is 2.59. The molecule has 0 bridgehead atoms. The van der Waals surface area contributed by atoms with Gasteiger partial charge >= 0.3 is 0 Å². The minimum atomic E-state index is -0.246. The first kappa shape index (κ1) is 15.9. The molecule has 2 aromatic carbocycles. The Hall–Kier alpha value is -2.00. The third kappa shape index (κ3) is 3.67. The van der Waals surface area contributed by atoms with Gasteiger partial charge in [-0.3, -0.25) is 0 Å². The molecular formula is C20H20F2N. The molecule has 0 spiro atoms. The van der Waals surface area contributed by atoms with Crippen LogP contribution in [0.15, 0.2) is 54.1 Å². The van der Waals surface area contributed by atoms with Gasteiger partial charge in [0.15, 0.2) is 0 Å². The summed E-state index contributed by atoms with van der Waals surface area (Å²) in [5.74, 6) is -0.492. The van der Waals surface area contributed by atoms with E-state index in [9.17, 15) is 8.78 Å². The first-order chi connectivity index (χ1) is 11.2. The zero-order chi connectivity index (χ0) is 16.2. The van der Waals surface area contributed by atoms with Gasteiger partial charge in [-0.2, -0.15) is 0 Å². The highest BCUT2D eigenvalue weighted by Crippen LogP contribution is 2.32. The van der Waals surface area contributed by atoms with Gasteiger partial charge in [0, 0.05) is 13.1 Å². The quantitative estimate of drug-likeness (QED) is 0.794. The third-order valence-corrected chi connectivity index (χ3v) is 4.40. The molecule has 1 radical (unpaired) electrons. The molecule has 3 heteroatoms. The SMILES string of the molecule is [CH2]CN1CCC(=C(c2ccc(F)cc2)c2ccc(F)cc2)CC1. The standard InChI is InChI=1S/C20H20F2N/c1-2-23-13-11-17(12-14-23)20(15-3-7-18(21)8-4-15)16-5-9-19(22)10-6-16/h3-10H,1-2,11-14H2. The first-order valence-electron chi connectivity index (χ1n) is 7.93. The minimum absolute atomic E-state index is 0.246. The largest absolute Gasteiger partial charge is 0.303 e. The van der Waals surface area contributed by atoms with Gasteiger partial charge in [-0.15, -0.1) is 0 Å². The predicted octanol–water partition coefficient (Wildman–Crippen LogP) is 4.70. The molecule has 2 aromatic rings. The van der Waals surface area contributed by atoms with Crippen LogP contribution in [-0.4, -0.2) is 24.5 Å². The smallest absolute Gasteiger partial charge is 0.123 e. The fraction of sp³-hybridized carbons (Fsp3) is 0.250. The van der Waals surface area contributed by atoms with Crippen LogP contribution in [0.3, 0.4) is 0 Å². The topological polar surface area (TPSA) is 3.24 Å². The van der Waals surface area contributed by atoms with E-state index in [1.165, 1.54) is 29.8 Å². The molecule has 0 N–H and O–H groups in total. The number of rotatable bonds is 3. The van der Waals surface area contributed by atoms with Gasteiger partial charge in [0.25, 0.3) is 0 Å². The van der Waals surface area contributed by atoms with E-state index < -0.39 is 0 Å². The lowest BCUT2D eigenvalue weighted by Gasteiger charge is -2.29. The maximum absolute atomic E-state index is 13.3. The van der Waals surface area contributed by atoms with Crippen LogP contribution in [0.25, 0.3) is 5.57 Å². The van der Waals surface area contributed by atoms with Crippen LogP contribution in [0, 0.1) is 18.6 Å². The Morgan fingerprint density at radius 2 is 1.26 bits per heavy atom. The van der Waals surface area contributed by atoms with Crippen molar-refractivity contribution in [1.82, 2.24) is 4.90 Å². The predicted molar refractivity (Wildman–Crippen MR) is 89.9 cm³/mol. The maximum Gasteiger partial charge on any atom is 0.123 e. The van der Waals surface area contributed by atoms with Crippen molar-refractivity contribution >= 4 is 5.57 Å². The molecule has 1 saturated heterocycles. The molecule has 1 nitrogen and oxygen atoms in total. The fourth-order valence-electron chi connectivity index (χ4n) is 3.10. The van der Waals surface area contributed by atoms with E-state index in [2.05, 4.69) is 11.8 Å². The molecule has 1 heterocycles. The van der Waals surface area contributed by atoms with Gasteiger partial charge < -0.3 is 4.90 Å². The van der Waals surface area contributed by atoms with Crippen molar-refractivity contribution in [1.29, 1.82) is 0 Å². The first-order valence-corrected chi connectivity index (χ1v) is 7.93.